The summed E-state index contributed by atoms with van der Waals surface area (Å²) >= 11 is 1.27. The van der Waals surface area contributed by atoms with Crippen LogP contribution in [0.1, 0.15) is 20.8 Å². The summed E-state index contributed by atoms with van der Waals surface area (Å²) in [5.41, 5.74) is 3.00. The average molecular weight is 610 g/mol. The van der Waals surface area contributed by atoms with Crippen LogP contribution in [0.5, 0.6) is 0 Å². The maximum atomic E-state index is 13.3. The first-order valence-corrected chi connectivity index (χ1v) is 15.3. The number of aromatic nitrogens is 4. The van der Waals surface area contributed by atoms with Gasteiger partial charge in [0.05, 0.1) is 49.2 Å². The van der Waals surface area contributed by atoms with E-state index in [1.807, 2.05) is 22.8 Å². The molecule has 4 aromatic heterocycles. The van der Waals surface area contributed by atoms with E-state index in [1.165, 1.54) is 49.0 Å². The van der Waals surface area contributed by atoms with Gasteiger partial charge in [-0.1, -0.05) is 6.07 Å². The third-order valence-corrected chi connectivity index (χ3v) is 9.71. The summed E-state index contributed by atoms with van der Waals surface area (Å²) in [6, 6.07) is 20.2. The van der Waals surface area contributed by atoms with Gasteiger partial charge in [0.25, 0.3) is 15.9 Å². The van der Waals surface area contributed by atoms with Gasteiger partial charge in [-0.25, -0.2) is 18.4 Å². The molecule has 0 radical (unpaired) electrons. The second-order valence-corrected chi connectivity index (χ2v) is 12.5. The first kappa shape index (κ1) is 27.8. The lowest BCUT2D eigenvalue weighted by atomic mass is 10.2. The molecule has 6 rings (SSSR count). The van der Waals surface area contributed by atoms with Crippen molar-refractivity contribution in [1.82, 2.24) is 19.5 Å². The third kappa shape index (κ3) is 5.61. The number of sulfonamides is 1. The molecule has 13 heteroatoms. The summed E-state index contributed by atoms with van der Waals surface area (Å²) in [6.45, 7) is 0.490. The minimum Gasteiger partial charge on any atom is -0.443 e. The number of fused-ring (bicyclic) bond motifs is 1. The maximum Gasteiger partial charge on any atom is 0.268 e. The Bertz CT molecular complexity index is 2060. The van der Waals surface area contributed by atoms with E-state index < -0.39 is 10.0 Å². The topological polar surface area (TPSA) is 147 Å². The number of hydrogen-bond acceptors (Lipinski definition) is 9. The van der Waals surface area contributed by atoms with E-state index in [4.69, 9.17) is 14.7 Å². The summed E-state index contributed by atoms with van der Waals surface area (Å²) < 4.78 is 35.1. The van der Waals surface area contributed by atoms with Crippen LogP contribution in [0.25, 0.3) is 21.7 Å². The minimum absolute atomic E-state index is 0.0599. The minimum atomic E-state index is -3.90. The van der Waals surface area contributed by atoms with Crippen molar-refractivity contribution in [3.05, 3.63) is 108 Å². The number of nitrogens with zero attached hydrogens (tertiary/aromatic N) is 6. The highest BCUT2D eigenvalue weighted by Gasteiger charge is 2.23. The average Bonchev–Trinajstić information content (AvgIpc) is 3.80. The Hall–Kier alpha value is -5.32. The molecule has 0 spiro atoms. The zero-order valence-corrected chi connectivity index (χ0v) is 24.3. The number of anilines is 2. The molecular formula is C30H23N7O4S2. The van der Waals surface area contributed by atoms with Crippen molar-refractivity contribution in [3.8, 4) is 16.7 Å². The van der Waals surface area contributed by atoms with E-state index in [1.54, 1.807) is 48.9 Å². The van der Waals surface area contributed by atoms with Gasteiger partial charge in [-0.2, -0.15) is 5.26 Å². The van der Waals surface area contributed by atoms with Gasteiger partial charge in [0.1, 0.15) is 0 Å². The highest BCUT2D eigenvalue weighted by molar-refractivity contribution is 7.92. The lowest BCUT2D eigenvalue weighted by molar-refractivity contribution is 0.102. The van der Waals surface area contributed by atoms with Crippen LogP contribution in [-0.2, 0) is 23.0 Å². The number of oxazole rings is 1. The summed E-state index contributed by atoms with van der Waals surface area (Å²) in [7, 11) is -2.45. The Morgan fingerprint density at radius 2 is 1.93 bits per heavy atom. The van der Waals surface area contributed by atoms with E-state index >= 15 is 0 Å². The highest BCUT2D eigenvalue weighted by atomic mass is 32.2. The van der Waals surface area contributed by atoms with Gasteiger partial charge in [0.15, 0.2) is 12.2 Å². The van der Waals surface area contributed by atoms with Crippen molar-refractivity contribution in [2.45, 2.75) is 17.9 Å². The number of carbonyl (C=O) groups is 1. The van der Waals surface area contributed by atoms with Crippen LogP contribution in [0.4, 0.5) is 11.6 Å². The predicted octanol–water partition coefficient (Wildman–Crippen LogP) is 5.34. The van der Waals surface area contributed by atoms with Crippen LogP contribution in [0.15, 0.2) is 101 Å². The van der Waals surface area contributed by atoms with Crippen molar-refractivity contribution in [1.29, 1.82) is 5.26 Å². The number of pyridine rings is 1. The van der Waals surface area contributed by atoms with Crippen molar-refractivity contribution in [2.75, 3.05) is 16.7 Å². The molecule has 0 saturated carbocycles. The van der Waals surface area contributed by atoms with E-state index in [2.05, 4.69) is 15.3 Å². The van der Waals surface area contributed by atoms with Gasteiger partial charge in [0, 0.05) is 26.0 Å². The molecule has 0 aliphatic carbocycles. The Morgan fingerprint density at radius 3 is 2.65 bits per heavy atom. The van der Waals surface area contributed by atoms with Crippen molar-refractivity contribution >= 4 is 49.9 Å². The number of nitriles is 1. The van der Waals surface area contributed by atoms with Crippen LogP contribution in [0.2, 0.25) is 0 Å². The van der Waals surface area contributed by atoms with Gasteiger partial charge in [0.2, 0.25) is 5.95 Å². The fourth-order valence-electron chi connectivity index (χ4n) is 4.51. The molecule has 214 valence electrons. The molecule has 0 fully saturated rings. The van der Waals surface area contributed by atoms with Crippen molar-refractivity contribution < 1.29 is 17.6 Å². The summed E-state index contributed by atoms with van der Waals surface area (Å²) in [5.74, 6) is 0.558. The van der Waals surface area contributed by atoms with E-state index in [0.717, 1.165) is 20.3 Å². The fourth-order valence-corrected chi connectivity index (χ4v) is 6.56. The normalized spacial score (nSPS) is 11.3. The molecule has 0 bridgehead atoms. The lowest BCUT2D eigenvalue weighted by Gasteiger charge is -2.19. The summed E-state index contributed by atoms with van der Waals surface area (Å²) in [6.07, 6.45) is 7.04. The largest absolute Gasteiger partial charge is 0.443 e. The van der Waals surface area contributed by atoms with Gasteiger partial charge in [-0.3, -0.25) is 19.4 Å². The standard InChI is InChI=1S/C30H23N7O4S2/c1-36(43(39,40)23-7-4-20(16-31)5-8-23)22-6-9-25-24(15-22)34-30(37(25)14-12-21-3-2-13-32-17-21)35-29(38)28-11-10-27(42-28)26-18-33-19-41-26/h2-11,13,15,17-19H,12,14H2,1H3,(H,34,35,38). The van der Waals surface area contributed by atoms with E-state index in [-0.39, 0.29) is 10.8 Å². The fraction of sp³-hybridized carbons (Fsp3) is 0.100. The number of imidazole rings is 1. The number of hydrogen-bond donors (Lipinski definition) is 1. The number of rotatable bonds is 9. The number of carbonyl (C=O) groups excluding carboxylic acids is 1. The summed E-state index contributed by atoms with van der Waals surface area (Å²) in [4.78, 5) is 27.4. The molecule has 0 aliphatic heterocycles. The second-order valence-electron chi connectivity index (χ2n) is 9.46. The zero-order chi connectivity index (χ0) is 30.0. The molecule has 1 amide bonds. The molecule has 1 N–H and O–H groups in total. The molecule has 43 heavy (non-hydrogen) atoms. The maximum absolute atomic E-state index is 13.3. The second kappa shape index (κ2) is 11.5. The summed E-state index contributed by atoms with van der Waals surface area (Å²) in [5, 5.41) is 12.0. The van der Waals surface area contributed by atoms with E-state index in [0.29, 0.717) is 46.3 Å². The molecule has 0 saturated heterocycles. The molecule has 11 nitrogen and oxygen atoms in total. The number of benzene rings is 2. The Kier molecular flexibility index (Phi) is 7.45. The van der Waals surface area contributed by atoms with Crippen LogP contribution in [-0.4, -0.2) is 40.9 Å². The van der Waals surface area contributed by atoms with Crippen LogP contribution >= 0.6 is 11.3 Å². The zero-order valence-electron chi connectivity index (χ0n) is 22.7. The van der Waals surface area contributed by atoms with Crippen LogP contribution < -0.4 is 9.62 Å². The Balaban J connectivity index is 1.33. The molecule has 2 aromatic carbocycles. The first-order valence-electron chi connectivity index (χ1n) is 13.0. The number of aryl methyl sites for hydroxylation is 2. The monoisotopic (exact) mass is 609 g/mol. The Morgan fingerprint density at radius 1 is 1.09 bits per heavy atom. The molecule has 4 heterocycles. The molecule has 6 aromatic rings. The van der Waals surface area contributed by atoms with Crippen molar-refractivity contribution in [3.63, 3.8) is 0 Å². The molecular weight excluding hydrogens is 587 g/mol. The molecule has 0 aliphatic rings. The highest BCUT2D eigenvalue weighted by Crippen LogP contribution is 2.31. The van der Waals surface area contributed by atoms with Gasteiger partial charge in [-0.05, 0) is 72.6 Å². The number of amides is 1. The lowest BCUT2D eigenvalue weighted by Crippen LogP contribution is -2.26. The number of thiophene rings is 1. The quantitative estimate of drug-likeness (QED) is 0.231. The SMILES string of the molecule is CN(c1ccc2c(c1)nc(NC(=O)c1ccc(-c3cnco3)s1)n2CCc1cccnc1)S(=O)(=O)c1ccc(C#N)cc1. The van der Waals surface area contributed by atoms with Crippen LogP contribution in [0, 0.1) is 11.3 Å². The smallest absolute Gasteiger partial charge is 0.268 e. The van der Waals surface area contributed by atoms with Crippen LogP contribution in [0.3, 0.4) is 0 Å². The third-order valence-electron chi connectivity index (χ3n) is 6.81. The first-order chi connectivity index (χ1) is 20.8. The number of nitrogens with one attached hydrogen (secondary N) is 1. The van der Waals surface area contributed by atoms with Gasteiger partial charge >= 0.3 is 0 Å². The van der Waals surface area contributed by atoms with E-state index in [9.17, 15) is 13.2 Å². The molecule has 0 atom stereocenters. The molecule has 0 unspecified atom stereocenters. The van der Waals surface area contributed by atoms with Gasteiger partial charge < -0.3 is 8.98 Å². The Labute approximate surface area is 250 Å². The van der Waals surface area contributed by atoms with Gasteiger partial charge in [-0.15, -0.1) is 11.3 Å². The van der Waals surface area contributed by atoms with Crippen molar-refractivity contribution in [2.24, 2.45) is 0 Å². The predicted molar refractivity (Wildman–Crippen MR) is 162 cm³/mol.